The van der Waals surface area contributed by atoms with Crippen LogP contribution >= 0.6 is 0 Å². The standard InChI is InChI=1S/C18H37NO.C8H19N/c1-3-5-6-7-8-9-10-11-12-13-14-15-16-17-18(20)19-4-2;1-3-5-7-9-8-6-4-2/h3-17H2,1-2H3,(H,19,20);9H,3-8H2,1-2H3. The molecule has 0 radical (unpaired) electrons. The van der Waals surface area contributed by atoms with E-state index in [1.807, 2.05) is 6.92 Å². The number of unbranched alkanes of at least 4 members (excludes halogenated alkanes) is 14. The maximum Gasteiger partial charge on any atom is 0.219 e. The van der Waals surface area contributed by atoms with Gasteiger partial charge in [-0.15, -0.1) is 0 Å². The Kier molecular flexibility index (Phi) is 31.3. The number of carbonyl (C=O) groups excluding carboxylic acids is 1. The highest BCUT2D eigenvalue weighted by Crippen LogP contribution is 2.12. The summed E-state index contributed by atoms with van der Waals surface area (Å²) in [5, 5.41) is 6.24. The molecule has 3 nitrogen and oxygen atoms in total. The van der Waals surface area contributed by atoms with Crippen LogP contribution in [-0.4, -0.2) is 25.5 Å². The van der Waals surface area contributed by atoms with E-state index in [1.54, 1.807) is 0 Å². The minimum Gasteiger partial charge on any atom is -0.356 e. The fourth-order valence-electron chi connectivity index (χ4n) is 3.32. The Morgan fingerprint density at radius 1 is 0.517 bits per heavy atom. The van der Waals surface area contributed by atoms with Gasteiger partial charge in [0.15, 0.2) is 0 Å². The van der Waals surface area contributed by atoms with Crippen molar-refractivity contribution in [2.75, 3.05) is 19.6 Å². The SMILES string of the molecule is CCCCCCCCCCCCCCCC(=O)NCC.CCCCNCCCC. The highest BCUT2D eigenvalue weighted by atomic mass is 16.1. The van der Waals surface area contributed by atoms with E-state index in [-0.39, 0.29) is 5.91 Å². The van der Waals surface area contributed by atoms with Gasteiger partial charge in [0.05, 0.1) is 0 Å². The first-order valence-electron chi connectivity index (χ1n) is 13.2. The van der Waals surface area contributed by atoms with E-state index in [1.165, 1.54) is 116 Å². The van der Waals surface area contributed by atoms with Crippen LogP contribution < -0.4 is 10.6 Å². The Morgan fingerprint density at radius 3 is 1.28 bits per heavy atom. The molecule has 176 valence electrons. The summed E-state index contributed by atoms with van der Waals surface area (Å²) in [6, 6.07) is 0. The smallest absolute Gasteiger partial charge is 0.219 e. The molecule has 29 heavy (non-hydrogen) atoms. The number of hydrogen-bond donors (Lipinski definition) is 2. The number of nitrogens with one attached hydrogen (secondary N) is 2. The largest absolute Gasteiger partial charge is 0.356 e. The van der Waals surface area contributed by atoms with Crippen LogP contribution in [0.4, 0.5) is 0 Å². The second-order valence-electron chi connectivity index (χ2n) is 8.40. The molecule has 0 rings (SSSR count). The molecule has 3 heteroatoms. The molecule has 0 aliphatic carbocycles. The molecular weight excluding hydrogens is 356 g/mol. The lowest BCUT2D eigenvalue weighted by molar-refractivity contribution is -0.121. The minimum atomic E-state index is 0.218. The van der Waals surface area contributed by atoms with E-state index in [0.29, 0.717) is 6.42 Å². The van der Waals surface area contributed by atoms with Crippen LogP contribution in [0.5, 0.6) is 0 Å². The summed E-state index contributed by atoms with van der Waals surface area (Å²) >= 11 is 0. The topological polar surface area (TPSA) is 41.1 Å². The first-order valence-corrected chi connectivity index (χ1v) is 13.2. The van der Waals surface area contributed by atoms with Gasteiger partial charge in [0.2, 0.25) is 5.91 Å². The Labute approximate surface area is 184 Å². The highest BCUT2D eigenvalue weighted by molar-refractivity contribution is 5.75. The molecule has 2 N–H and O–H groups in total. The molecule has 0 aliphatic heterocycles. The van der Waals surface area contributed by atoms with Crippen LogP contribution in [0.3, 0.4) is 0 Å². The van der Waals surface area contributed by atoms with Gasteiger partial charge < -0.3 is 10.6 Å². The summed E-state index contributed by atoms with van der Waals surface area (Å²) in [6.45, 7) is 11.9. The van der Waals surface area contributed by atoms with E-state index in [9.17, 15) is 4.79 Å². The van der Waals surface area contributed by atoms with Gasteiger partial charge in [0, 0.05) is 13.0 Å². The molecule has 0 aliphatic rings. The Hall–Kier alpha value is -0.570. The molecule has 0 heterocycles. The average Bonchev–Trinajstić information content (AvgIpc) is 2.72. The molecule has 0 bridgehead atoms. The third-order valence-corrected chi connectivity index (χ3v) is 5.30. The van der Waals surface area contributed by atoms with Crippen molar-refractivity contribution in [3.63, 3.8) is 0 Å². The molecule has 0 saturated heterocycles. The van der Waals surface area contributed by atoms with Crippen molar-refractivity contribution in [3.05, 3.63) is 0 Å². The summed E-state index contributed by atoms with van der Waals surface area (Å²) in [7, 11) is 0. The molecule has 0 aromatic rings. The molecule has 0 fully saturated rings. The van der Waals surface area contributed by atoms with Crippen LogP contribution in [0, 0.1) is 0 Å². The number of rotatable bonds is 21. The van der Waals surface area contributed by atoms with Crippen molar-refractivity contribution in [1.82, 2.24) is 10.6 Å². The first kappa shape index (κ1) is 30.6. The molecule has 0 aromatic carbocycles. The molecule has 0 unspecified atom stereocenters. The van der Waals surface area contributed by atoms with Crippen molar-refractivity contribution in [1.29, 1.82) is 0 Å². The summed E-state index contributed by atoms with van der Waals surface area (Å²) in [6.07, 6.45) is 23.6. The lowest BCUT2D eigenvalue weighted by Gasteiger charge is -2.03. The van der Waals surface area contributed by atoms with E-state index in [2.05, 4.69) is 31.4 Å². The normalized spacial score (nSPS) is 10.5. The maximum absolute atomic E-state index is 11.2. The fraction of sp³-hybridized carbons (Fsp3) is 0.962. The third-order valence-electron chi connectivity index (χ3n) is 5.30. The third kappa shape index (κ3) is 32.3. The van der Waals surface area contributed by atoms with E-state index >= 15 is 0 Å². The molecule has 1 amide bonds. The van der Waals surface area contributed by atoms with Crippen LogP contribution in [0.25, 0.3) is 0 Å². The van der Waals surface area contributed by atoms with E-state index in [4.69, 9.17) is 0 Å². The summed E-state index contributed by atoms with van der Waals surface area (Å²) in [5.41, 5.74) is 0. The van der Waals surface area contributed by atoms with Crippen molar-refractivity contribution < 1.29 is 4.79 Å². The van der Waals surface area contributed by atoms with Crippen molar-refractivity contribution >= 4 is 5.91 Å². The number of carbonyl (C=O) groups is 1. The Balaban J connectivity index is 0. The van der Waals surface area contributed by atoms with Gasteiger partial charge in [-0.1, -0.05) is 111 Å². The van der Waals surface area contributed by atoms with E-state index < -0.39 is 0 Å². The monoisotopic (exact) mass is 412 g/mol. The Bertz CT molecular complexity index is 288. The summed E-state index contributed by atoms with van der Waals surface area (Å²) in [5.74, 6) is 0.218. The van der Waals surface area contributed by atoms with Gasteiger partial charge in [-0.25, -0.2) is 0 Å². The number of amides is 1. The van der Waals surface area contributed by atoms with Crippen LogP contribution in [-0.2, 0) is 4.79 Å². The Morgan fingerprint density at radius 2 is 0.897 bits per heavy atom. The van der Waals surface area contributed by atoms with Crippen LogP contribution in [0.1, 0.15) is 143 Å². The van der Waals surface area contributed by atoms with Gasteiger partial charge in [-0.05, 0) is 39.3 Å². The summed E-state index contributed by atoms with van der Waals surface area (Å²) in [4.78, 5) is 11.2. The minimum absolute atomic E-state index is 0.218. The predicted octanol–water partition coefficient (Wildman–Crippen LogP) is 7.78. The zero-order valence-electron chi connectivity index (χ0n) is 20.8. The molecule has 0 saturated carbocycles. The highest BCUT2D eigenvalue weighted by Gasteiger charge is 1.98. The van der Waals surface area contributed by atoms with Gasteiger partial charge in [0.1, 0.15) is 0 Å². The average molecular weight is 413 g/mol. The van der Waals surface area contributed by atoms with Gasteiger partial charge in [0.25, 0.3) is 0 Å². The quantitative estimate of drug-likeness (QED) is 0.189. The second-order valence-corrected chi connectivity index (χ2v) is 8.40. The van der Waals surface area contributed by atoms with Gasteiger partial charge in [-0.3, -0.25) is 4.79 Å². The molecular formula is C26H56N2O. The zero-order chi connectivity index (χ0) is 21.8. The van der Waals surface area contributed by atoms with Gasteiger partial charge in [-0.2, -0.15) is 0 Å². The van der Waals surface area contributed by atoms with E-state index in [0.717, 1.165) is 13.0 Å². The lowest BCUT2D eigenvalue weighted by atomic mass is 10.0. The molecule has 0 aromatic heterocycles. The zero-order valence-corrected chi connectivity index (χ0v) is 20.8. The molecule has 0 spiro atoms. The fourth-order valence-corrected chi connectivity index (χ4v) is 3.32. The van der Waals surface area contributed by atoms with Crippen LogP contribution in [0.2, 0.25) is 0 Å². The van der Waals surface area contributed by atoms with Crippen molar-refractivity contribution in [2.45, 2.75) is 143 Å². The number of hydrogen-bond acceptors (Lipinski definition) is 2. The summed E-state index contributed by atoms with van der Waals surface area (Å²) < 4.78 is 0. The van der Waals surface area contributed by atoms with Crippen LogP contribution in [0.15, 0.2) is 0 Å². The van der Waals surface area contributed by atoms with Crippen molar-refractivity contribution in [2.24, 2.45) is 0 Å². The first-order chi connectivity index (χ1) is 14.2. The molecule has 0 atom stereocenters. The lowest BCUT2D eigenvalue weighted by Crippen LogP contribution is -2.21. The van der Waals surface area contributed by atoms with Gasteiger partial charge >= 0.3 is 0 Å². The second kappa shape index (κ2) is 29.6. The maximum atomic E-state index is 11.2. The van der Waals surface area contributed by atoms with Crippen molar-refractivity contribution in [3.8, 4) is 0 Å². The predicted molar refractivity (Wildman–Crippen MR) is 132 cm³/mol.